The summed E-state index contributed by atoms with van der Waals surface area (Å²) in [6, 6.07) is 16.1. The van der Waals surface area contributed by atoms with Gasteiger partial charge in [-0.25, -0.2) is 0 Å². The lowest BCUT2D eigenvalue weighted by Gasteiger charge is -2.39. The fraction of sp³-hybridized carbons (Fsp3) is 0.243. The summed E-state index contributed by atoms with van der Waals surface area (Å²) in [5.41, 5.74) is 3.26. The van der Waals surface area contributed by atoms with Gasteiger partial charge in [0.1, 0.15) is 0 Å². The quantitative estimate of drug-likeness (QED) is 0.116. The molecule has 0 bridgehead atoms. The van der Waals surface area contributed by atoms with Crippen LogP contribution in [0.3, 0.4) is 0 Å². The van der Waals surface area contributed by atoms with Crippen molar-refractivity contribution in [3.8, 4) is 68.6 Å². The minimum atomic E-state index is -1.33. The first-order valence-electron chi connectivity index (χ1n) is 14.5. The largest absolute Gasteiger partial charge is 0.492 e. The van der Waals surface area contributed by atoms with Crippen molar-refractivity contribution < 1.29 is 47.4 Å². The Kier molecular flexibility index (Phi) is 9.32. The monoisotopic (exact) mass is 642 g/mol. The third kappa shape index (κ3) is 4.54. The van der Waals surface area contributed by atoms with Gasteiger partial charge < -0.3 is 47.4 Å². The first-order chi connectivity index (χ1) is 22.9. The van der Waals surface area contributed by atoms with E-state index in [1.165, 1.54) is 41.0 Å². The van der Waals surface area contributed by atoms with Crippen LogP contribution in [0.25, 0.3) is 11.1 Å². The molecule has 0 N–H and O–H groups in total. The van der Waals surface area contributed by atoms with Gasteiger partial charge in [0, 0.05) is 0 Å². The molecule has 10 heteroatoms. The minimum Gasteiger partial charge on any atom is -0.492 e. The van der Waals surface area contributed by atoms with Crippen LogP contribution in [0, 0.1) is 0 Å². The standard InChI is InChI=1S/C37H38O10/c1-11-46-35-31(42-7)27(38-3)25(28(39-4)32(35)43-8)37(23-19-15-13-17-21(23)22-18-14-16-20-24(22)37)26-29(40-5)33(44-9)36(47-12-2)34(45-10)30(26)41-6/h11-20H,1-2H2,3-10H3. The van der Waals surface area contributed by atoms with Gasteiger partial charge in [0.05, 0.1) is 85.9 Å². The minimum absolute atomic E-state index is 0.209. The summed E-state index contributed by atoms with van der Waals surface area (Å²) < 4.78 is 60.7. The van der Waals surface area contributed by atoms with Crippen molar-refractivity contribution in [1.29, 1.82) is 0 Å². The van der Waals surface area contributed by atoms with Crippen molar-refractivity contribution in [3.63, 3.8) is 0 Å². The Bertz CT molecular complexity index is 1630. The number of fused-ring (bicyclic) bond motifs is 3. The van der Waals surface area contributed by atoms with E-state index in [1.54, 1.807) is 28.4 Å². The van der Waals surface area contributed by atoms with Crippen LogP contribution >= 0.6 is 0 Å². The number of benzene rings is 4. The Balaban J connectivity index is 2.23. The molecule has 0 radical (unpaired) electrons. The number of ether oxygens (including phenoxy) is 10. The van der Waals surface area contributed by atoms with Gasteiger partial charge in [-0.3, -0.25) is 0 Å². The maximum Gasteiger partial charge on any atom is 0.217 e. The van der Waals surface area contributed by atoms with E-state index in [4.69, 9.17) is 47.4 Å². The van der Waals surface area contributed by atoms with E-state index in [9.17, 15) is 0 Å². The van der Waals surface area contributed by atoms with Crippen molar-refractivity contribution >= 4 is 0 Å². The summed E-state index contributed by atoms with van der Waals surface area (Å²) in [7, 11) is 12.2. The van der Waals surface area contributed by atoms with Crippen molar-refractivity contribution in [2.24, 2.45) is 0 Å². The first kappa shape index (κ1) is 32.7. The maximum atomic E-state index is 6.25. The second-order valence-electron chi connectivity index (χ2n) is 10.1. The van der Waals surface area contributed by atoms with Gasteiger partial charge in [-0.2, -0.15) is 0 Å². The molecule has 0 aromatic heterocycles. The van der Waals surface area contributed by atoms with Gasteiger partial charge in [-0.1, -0.05) is 61.7 Å². The highest BCUT2D eigenvalue weighted by molar-refractivity contribution is 5.92. The second kappa shape index (κ2) is 13.4. The molecule has 5 rings (SSSR count). The highest BCUT2D eigenvalue weighted by Gasteiger charge is 2.56. The van der Waals surface area contributed by atoms with Gasteiger partial charge in [-0.15, -0.1) is 0 Å². The first-order valence-corrected chi connectivity index (χ1v) is 14.5. The average molecular weight is 643 g/mol. The molecule has 0 amide bonds. The molecule has 0 saturated heterocycles. The van der Waals surface area contributed by atoms with Gasteiger partial charge in [0.25, 0.3) is 0 Å². The predicted octanol–water partition coefficient (Wildman–Crippen LogP) is 7.16. The molecule has 10 nitrogen and oxygen atoms in total. The van der Waals surface area contributed by atoms with Crippen LogP contribution in [-0.4, -0.2) is 56.9 Å². The zero-order valence-electron chi connectivity index (χ0n) is 27.8. The number of methoxy groups -OCH3 is 8. The number of hydrogen-bond donors (Lipinski definition) is 0. The molecule has 246 valence electrons. The topological polar surface area (TPSA) is 92.3 Å². The molecule has 0 atom stereocenters. The number of hydrogen-bond acceptors (Lipinski definition) is 10. The molecular weight excluding hydrogens is 604 g/mol. The van der Waals surface area contributed by atoms with E-state index >= 15 is 0 Å². The molecule has 4 aromatic rings. The van der Waals surface area contributed by atoms with Gasteiger partial charge in [0.2, 0.25) is 34.5 Å². The van der Waals surface area contributed by atoms with Crippen molar-refractivity contribution in [2.45, 2.75) is 5.41 Å². The van der Waals surface area contributed by atoms with Crippen LogP contribution in [0.2, 0.25) is 0 Å². The molecule has 0 saturated carbocycles. The smallest absolute Gasteiger partial charge is 0.217 e. The second-order valence-corrected chi connectivity index (χ2v) is 10.1. The highest BCUT2D eigenvalue weighted by Crippen LogP contribution is 2.69. The lowest BCUT2D eigenvalue weighted by atomic mass is 9.65. The Morgan fingerprint density at radius 1 is 0.404 bits per heavy atom. The van der Waals surface area contributed by atoms with Crippen molar-refractivity contribution in [1.82, 2.24) is 0 Å². The van der Waals surface area contributed by atoms with E-state index in [0.717, 1.165) is 22.3 Å². The number of rotatable bonds is 14. The average Bonchev–Trinajstić information content (AvgIpc) is 3.40. The molecule has 0 unspecified atom stereocenters. The predicted molar refractivity (Wildman–Crippen MR) is 178 cm³/mol. The van der Waals surface area contributed by atoms with Gasteiger partial charge in [0.15, 0.2) is 23.0 Å². The van der Waals surface area contributed by atoms with E-state index in [2.05, 4.69) is 25.3 Å². The Hall–Kier alpha value is -5.64. The van der Waals surface area contributed by atoms with E-state index in [-0.39, 0.29) is 34.5 Å². The zero-order chi connectivity index (χ0) is 33.9. The van der Waals surface area contributed by atoms with Gasteiger partial charge >= 0.3 is 0 Å². The summed E-state index contributed by atoms with van der Waals surface area (Å²) in [6.07, 6.45) is 2.55. The third-order valence-corrected chi connectivity index (χ3v) is 8.30. The molecule has 0 fully saturated rings. The fourth-order valence-corrected chi connectivity index (χ4v) is 6.76. The summed E-state index contributed by atoms with van der Waals surface area (Å²) in [5, 5.41) is 0. The van der Waals surface area contributed by atoms with Crippen LogP contribution in [-0.2, 0) is 5.41 Å². The lowest BCUT2D eigenvalue weighted by molar-refractivity contribution is 0.287. The van der Waals surface area contributed by atoms with Crippen molar-refractivity contribution in [3.05, 3.63) is 96.5 Å². The Morgan fingerprint density at radius 2 is 0.681 bits per heavy atom. The zero-order valence-corrected chi connectivity index (χ0v) is 27.8. The van der Waals surface area contributed by atoms with Crippen LogP contribution in [0.5, 0.6) is 57.5 Å². The molecule has 4 aromatic carbocycles. The normalized spacial score (nSPS) is 12.2. The summed E-state index contributed by atoms with van der Waals surface area (Å²) in [4.78, 5) is 0. The van der Waals surface area contributed by atoms with Crippen molar-refractivity contribution in [2.75, 3.05) is 56.9 Å². The molecule has 1 aliphatic rings. The summed E-state index contributed by atoms with van der Waals surface area (Å²) in [5.74, 6) is 2.55. The van der Waals surface area contributed by atoms with E-state index in [0.29, 0.717) is 34.1 Å². The molecule has 1 aliphatic carbocycles. The van der Waals surface area contributed by atoms with Crippen LogP contribution in [0.1, 0.15) is 22.3 Å². The molecule has 0 spiro atoms. The van der Waals surface area contributed by atoms with Crippen LogP contribution in [0.15, 0.2) is 74.2 Å². The summed E-state index contributed by atoms with van der Waals surface area (Å²) in [6.45, 7) is 7.50. The van der Waals surface area contributed by atoms with E-state index < -0.39 is 5.41 Å². The Morgan fingerprint density at radius 3 is 0.936 bits per heavy atom. The maximum absolute atomic E-state index is 6.25. The van der Waals surface area contributed by atoms with Crippen LogP contribution < -0.4 is 47.4 Å². The Labute approximate surface area is 274 Å². The SMILES string of the molecule is C=COc1c(OC)c(OC)c(C2(c3c(OC)c(OC)c(OC=C)c(OC)c3OC)c3ccccc3-c3ccccc32)c(OC)c1OC. The third-order valence-electron chi connectivity index (χ3n) is 8.30. The molecular formula is C37H38O10. The fourth-order valence-electron chi connectivity index (χ4n) is 6.76. The lowest BCUT2D eigenvalue weighted by Crippen LogP contribution is -2.32. The van der Waals surface area contributed by atoms with Gasteiger partial charge in [-0.05, 0) is 22.3 Å². The van der Waals surface area contributed by atoms with E-state index in [1.807, 2.05) is 36.4 Å². The van der Waals surface area contributed by atoms with Crippen LogP contribution in [0.4, 0.5) is 0 Å². The summed E-state index contributed by atoms with van der Waals surface area (Å²) >= 11 is 0. The molecule has 0 aliphatic heterocycles. The molecule has 0 heterocycles. The highest BCUT2D eigenvalue weighted by atomic mass is 16.6. The molecule has 47 heavy (non-hydrogen) atoms.